The van der Waals surface area contributed by atoms with Crippen molar-refractivity contribution in [3.05, 3.63) is 54.2 Å². The molecule has 6 nitrogen and oxygen atoms in total. The Morgan fingerprint density at radius 3 is 2.96 bits per heavy atom. The summed E-state index contributed by atoms with van der Waals surface area (Å²) in [5.74, 6) is 0.118. The lowest BCUT2D eigenvalue weighted by molar-refractivity contribution is -0.138. The summed E-state index contributed by atoms with van der Waals surface area (Å²) in [6.45, 7) is 2.52. The van der Waals surface area contributed by atoms with Gasteiger partial charge in [-0.25, -0.2) is 0 Å². The Balaban J connectivity index is 1.48. The summed E-state index contributed by atoms with van der Waals surface area (Å²) in [7, 11) is 0. The Kier molecular flexibility index (Phi) is 4.03. The van der Waals surface area contributed by atoms with E-state index in [0.29, 0.717) is 25.2 Å². The Hall–Kier alpha value is -2.63. The van der Waals surface area contributed by atoms with E-state index in [4.69, 9.17) is 4.42 Å². The fraction of sp³-hybridized carbons (Fsp3) is 0.421. The van der Waals surface area contributed by atoms with Crippen molar-refractivity contribution in [2.24, 2.45) is 5.41 Å². The Bertz CT molecular complexity index is 759. The van der Waals surface area contributed by atoms with Crippen LogP contribution in [-0.2, 0) is 11.3 Å². The Labute approximate surface area is 146 Å². The molecule has 130 valence electrons. The first-order valence-electron chi connectivity index (χ1n) is 8.68. The van der Waals surface area contributed by atoms with Crippen molar-refractivity contribution in [2.75, 3.05) is 19.6 Å². The minimum atomic E-state index is -0.431. The first kappa shape index (κ1) is 15.9. The van der Waals surface area contributed by atoms with E-state index in [2.05, 4.69) is 4.98 Å². The van der Waals surface area contributed by atoms with E-state index in [0.717, 1.165) is 31.4 Å². The van der Waals surface area contributed by atoms with Gasteiger partial charge in [0.05, 0.1) is 17.2 Å². The number of carbonyl (C=O) groups excluding carboxylic acids is 2. The maximum Gasteiger partial charge on any atom is 0.257 e. The molecule has 0 aromatic carbocycles. The van der Waals surface area contributed by atoms with Crippen LogP contribution in [0.4, 0.5) is 0 Å². The number of amides is 2. The first-order chi connectivity index (χ1) is 12.2. The number of aromatic nitrogens is 1. The summed E-state index contributed by atoms with van der Waals surface area (Å²) in [4.78, 5) is 33.5. The van der Waals surface area contributed by atoms with E-state index in [1.54, 1.807) is 23.4 Å². The Morgan fingerprint density at radius 2 is 2.20 bits per heavy atom. The second-order valence-electron chi connectivity index (χ2n) is 6.96. The molecule has 25 heavy (non-hydrogen) atoms. The van der Waals surface area contributed by atoms with Crippen molar-refractivity contribution < 1.29 is 14.0 Å². The van der Waals surface area contributed by atoms with Crippen LogP contribution in [0.5, 0.6) is 0 Å². The van der Waals surface area contributed by atoms with Gasteiger partial charge in [-0.2, -0.15) is 0 Å². The van der Waals surface area contributed by atoms with Crippen LogP contribution in [-0.4, -0.2) is 46.2 Å². The molecule has 0 N–H and O–H groups in total. The maximum absolute atomic E-state index is 13.1. The number of carbonyl (C=O) groups is 2. The zero-order valence-electron chi connectivity index (χ0n) is 14.1. The molecule has 0 saturated carbocycles. The number of piperidine rings is 1. The van der Waals surface area contributed by atoms with Crippen LogP contribution in [0, 0.1) is 5.41 Å². The smallest absolute Gasteiger partial charge is 0.257 e. The third-order valence-electron chi connectivity index (χ3n) is 5.33. The van der Waals surface area contributed by atoms with Gasteiger partial charge >= 0.3 is 0 Å². The lowest BCUT2D eigenvalue weighted by Crippen LogP contribution is -2.49. The molecule has 2 aromatic heterocycles. The topological polar surface area (TPSA) is 66.7 Å². The minimum absolute atomic E-state index is 0.0497. The molecule has 2 aliphatic heterocycles. The highest BCUT2D eigenvalue weighted by Gasteiger charge is 2.49. The molecule has 2 aliphatic rings. The van der Waals surface area contributed by atoms with Gasteiger partial charge in [-0.05, 0) is 37.0 Å². The number of likely N-dealkylation sites (tertiary alicyclic amines) is 2. The predicted molar refractivity (Wildman–Crippen MR) is 90.5 cm³/mol. The van der Waals surface area contributed by atoms with E-state index in [1.165, 1.54) is 12.5 Å². The van der Waals surface area contributed by atoms with Crippen molar-refractivity contribution in [2.45, 2.75) is 25.8 Å². The molecule has 4 heterocycles. The molecule has 2 fully saturated rings. The predicted octanol–water partition coefficient (Wildman–Crippen LogP) is 2.33. The van der Waals surface area contributed by atoms with Gasteiger partial charge in [-0.1, -0.05) is 6.07 Å². The van der Waals surface area contributed by atoms with Crippen LogP contribution >= 0.6 is 0 Å². The van der Waals surface area contributed by atoms with Gasteiger partial charge in [0.25, 0.3) is 5.91 Å². The van der Waals surface area contributed by atoms with E-state index < -0.39 is 5.41 Å². The molecule has 2 saturated heterocycles. The second-order valence-corrected chi connectivity index (χ2v) is 6.96. The minimum Gasteiger partial charge on any atom is -0.472 e. The number of nitrogens with zero attached hydrogens (tertiary/aromatic N) is 3. The summed E-state index contributed by atoms with van der Waals surface area (Å²) in [6.07, 6.45) is 9.02. The lowest BCUT2D eigenvalue weighted by Gasteiger charge is -2.39. The summed E-state index contributed by atoms with van der Waals surface area (Å²) in [5, 5.41) is 0. The van der Waals surface area contributed by atoms with Gasteiger partial charge in [-0.3, -0.25) is 14.6 Å². The molecule has 4 rings (SSSR count). The molecule has 0 unspecified atom stereocenters. The van der Waals surface area contributed by atoms with Crippen molar-refractivity contribution in [3.63, 3.8) is 0 Å². The third kappa shape index (κ3) is 2.92. The van der Waals surface area contributed by atoms with Crippen molar-refractivity contribution in [1.82, 2.24) is 14.8 Å². The number of hydrogen-bond acceptors (Lipinski definition) is 4. The van der Waals surface area contributed by atoms with Gasteiger partial charge in [0, 0.05) is 38.6 Å². The SMILES string of the molecule is O=C(c1ccoc1)N1CCC[C@]2(CCN(Cc3cccnc3)C2=O)C1. The monoisotopic (exact) mass is 339 g/mol. The van der Waals surface area contributed by atoms with Crippen molar-refractivity contribution in [1.29, 1.82) is 0 Å². The Morgan fingerprint density at radius 1 is 1.28 bits per heavy atom. The molecule has 0 bridgehead atoms. The van der Waals surface area contributed by atoms with Gasteiger partial charge in [0.15, 0.2) is 0 Å². The average Bonchev–Trinajstić information content (AvgIpc) is 3.28. The highest BCUT2D eigenvalue weighted by molar-refractivity contribution is 5.95. The standard InChI is InChI=1S/C19H21N3O3/c23-17(16-4-10-25-13-16)22-8-2-5-19(14-22)6-9-21(18(19)24)12-15-3-1-7-20-11-15/h1,3-4,7,10-11,13H,2,5-6,8-9,12,14H2/t19-/m0/s1. The van der Waals surface area contributed by atoms with Gasteiger partial charge in [-0.15, -0.1) is 0 Å². The number of hydrogen-bond donors (Lipinski definition) is 0. The number of furan rings is 1. The van der Waals surface area contributed by atoms with Crippen LogP contribution in [0.1, 0.15) is 35.2 Å². The fourth-order valence-electron chi connectivity index (χ4n) is 4.01. The van der Waals surface area contributed by atoms with Crippen LogP contribution in [0.3, 0.4) is 0 Å². The van der Waals surface area contributed by atoms with Crippen molar-refractivity contribution >= 4 is 11.8 Å². The van der Waals surface area contributed by atoms with E-state index >= 15 is 0 Å². The summed E-state index contributed by atoms with van der Waals surface area (Å²) < 4.78 is 5.02. The number of rotatable bonds is 3. The normalized spacial score (nSPS) is 23.4. The molecule has 2 aromatic rings. The molecule has 6 heteroatoms. The van der Waals surface area contributed by atoms with Gasteiger partial charge < -0.3 is 14.2 Å². The van der Waals surface area contributed by atoms with Crippen molar-refractivity contribution in [3.8, 4) is 0 Å². The van der Waals surface area contributed by atoms with E-state index in [-0.39, 0.29) is 11.8 Å². The lowest BCUT2D eigenvalue weighted by atomic mass is 9.78. The second kappa shape index (κ2) is 6.35. The molecule has 0 radical (unpaired) electrons. The van der Waals surface area contributed by atoms with Crippen LogP contribution in [0.25, 0.3) is 0 Å². The maximum atomic E-state index is 13.1. The zero-order valence-corrected chi connectivity index (χ0v) is 14.1. The van der Waals surface area contributed by atoms with Crippen LogP contribution in [0.15, 0.2) is 47.5 Å². The molecule has 0 aliphatic carbocycles. The highest BCUT2D eigenvalue weighted by atomic mass is 16.3. The first-order valence-corrected chi connectivity index (χ1v) is 8.68. The quantitative estimate of drug-likeness (QED) is 0.861. The third-order valence-corrected chi connectivity index (χ3v) is 5.33. The van der Waals surface area contributed by atoms with Gasteiger partial charge in [0.2, 0.25) is 5.91 Å². The fourth-order valence-corrected chi connectivity index (χ4v) is 4.01. The number of pyridine rings is 1. The van der Waals surface area contributed by atoms with Crippen LogP contribution < -0.4 is 0 Å². The molecule has 1 atom stereocenters. The largest absolute Gasteiger partial charge is 0.472 e. The van der Waals surface area contributed by atoms with E-state index in [1.807, 2.05) is 17.0 Å². The molecule has 2 amide bonds. The average molecular weight is 339 g/mol. The van der Waals surface area contributed by atoms with Crippen LogP contribution in [0.2, 0.25) is 0 Å². The summed E-state index contributed by atoms with van der Waals surface area (Å²) in [6, 6.07) is 5.55. The summed E-state index contributed by atoms with van der Waals surface area (Å²) >= 11 is 0. The summed E-state index contributed by atoms with van der Waals surface area (Å²) in [5.41, 5.74) is 1.16. The molecular formula is C19H21N3O3. The molecule has 1 spiro atoms. The highest BCUT2D eigenvalue weighted by Crippen LogP contribution is 2.41. The molecular weight excluding hydrogens is 318 g/mol. The van der Waals surface area contributed by atoms with Gasteiger partial charge in [0.1, 0.15) is 6.26 Å². The zero-order chi connectivity index (χ0) is 17.3. The van der Waals surface area contributed by atoms with E-state index in [9.17, 15) is 9.59 Å².